The van der Waals surface area contributed by atoms with Crippen molar-refractivity contribution in [3.8, 4) is 0 Å². The van der Waals surface area contributed by atoms with E-state index in [4.69, 9.17) is 10.5 Å². The number of halogens is 1. The van der Waals surface area contributed by atoms with Crippen molar-refractivity contribution in [1.82, 2.24) is 0 Å². The zero-order valence-electron chi connectivity index (χ0n) is 9.03. The third-order valence-corrected chi connectivity index (χ3v) is 3.08. The Morgan fingerprint density at radius 3 is 2.69 bits per heavy atom. The molecule has 16 heavy (non-hydrogen) atoms. The van der Waals surface area contributed by atoms with Gasteiger partial charge >= 0.3 is 0 Å². The van der Waals surface area contributed by atoms with E-state index in [2.05, 4.69) is 0 Å². The Morgan fingerprint density at radius 2 is 2.06 bits per heavy atom. The van der Waals surface area contributed by atoms with Gasteiger partial charge < -0.3 is 15.6 Å². The Kier molecular flexibility index (Phi) is 3.41. The van der Waals surface area contributed by atoms with Gasteiger partial charge in [-0.25, -0.2) is 4.39 Å². The van der Waals surface area contributed by atoms with Crippen LogP contribution < -0.4 is 5.73 Å². The highest BCUT2D eigenvalue weighted by Crippen LogP contribution is 2.32. The van der Waals surface area contributed by atoms with Gasteiger partial charge in [0, 0.05) is 24.5 Å². The Hall–Kier alpha value is -1.13. The summed E-state index contributed by atoms with van der Waals surface area (Å²) in [6.07, 6.45) is 1.01. The summed E-state index contributed by atoms with van der Waals surface area (Å²) in [5, 5.41) is 10.2. The molecule has 88 valence electrons. The van der Waals surface area contributed by atoms with Gasteiger partial charge in [-0.15, -0.1) is 0 Å². The minimum atomic E-state index is -0.621. The third kappa shape index (κ3) is 2.33. The van der Waals surface area contributed by atoms with Gasteiger partial charge in [0.15, 0.2) is 0 Å². The van der Waals surface area contributed by atoms with E-state index in [0.29, 0.717) is 24.5 Å². The van der Waals surface area contributed by atoms with Crippen LogP contribution in [0.2, 0.25) is 0 Å². The largest absolute Gasteiger partial charge is 0.398 e. The summed E-state index contributed by atoms with van der Waals surface area (Å²) < 4.78 is 18.1. The number of aliphatic hydroxyl groups excluding tert-OH is 1. The van der Waals surface area contributed by atoms with Crippen LogP contribution in [0.15, 0.2) is 18.2 Å². The average Bonchev–Trinajstić information content (AvgIpc) is 2.29. The number of nitrogens with two attached hydrogens (primary N) is 1. The second-order valence-corrected chi connectivity index (χ2v) is 4.17. The van der Waals surface area contributed by atoms with Gasteiger partial charge in [0.05, 0.1) is 6.10 Å². The number of benzene rings is 1. The Labute approximate surface area is 94.0 Å². The van der Waals surface area contributed by atoms with Gasteiger partial charge in [0.25, 0.3) is 0 Å². The van der Waals surface area contributed by atoms with Crippen molar-refractivity contribution in [3.63, 3.8) is 0 Å². The Balaban J connectivity index is 2.15. The van der Waals surface area contributed by atoms with Gasteiger partial charge in [-0.2, -0.15) is 0 Å². The third-order valence-electron chi connectivity index (χ3n) is 3.08. The number of rotatable bonds is 2. The second kappa shape index (κ2) is 4.80. The molecule has 0 amide bonds. The lowest BCUT2D eigenvalue weighted by molar-refractivity contribution is 0.00744. The van der Waals surface area contributed by atoms with E-state index in [1.165, 1.54) is 12.1 Å². The van der Waals surface area contributed by atoms with Gasteiger partial charge in [0.1, 0.15) is 5.82 Å². The summed E-state index contributed by atoms with van der Waals surface area (Å²) in [6, 6.07) is 4.14. The van der Waals surface area contributed by atoms with Crippen LogP contribution >= 0.6 is 0 Å². The van der Waals surface area contributed by atoms with Crippen LogP contribution in [0.1, 0.15) is 24.5 Å². The minimum absolute atomic E-state index is 0.154. The van der Waals surface area contributed by atoms with E-state index < -0.39 is 6.10 Å². The first-order chi connectivity index (χ1) is 7.68. The molecule has 1 aliphatic heterocycles. The monoisotopic (exact) mass is 225 g/mol. The maximum atomic E-state index is 12.9. The van der Waals surface area contributed by atoms with Crippen molar-refractivity contribution in [2.24, 2.45) is 5.92 Å². The lowest BCUT2D eigenvalue weighted by Crippen LogP contribution is -2.22. The summed E-state index contributed by atoms with van der Waals surface area (Å²) in [5.74, 6) is -0.220. The van der Waals surface area contributed by atoms with E-state index in [1.807, 2.05) is 0 Å². The summed E-state index contributed by atoms with van der Waals surface area (Å²) >= 11 is 0. The molecule has 0 bridgehead atoms. The fourth-order valence-electron chi connectivity index (χ4n) is 2.10. The van der Waals surface area contributed by atoms with Crippen LogP contribution in [-0.4, -0.2) is 18.3 Å². The molecule has 1 fully saturated rings. The SMILES string of the molecule is Nc1cc(F)ccc1C(O)C1CCOCC1. The predicted octanol–water partition coefficient (Wildman–Crippen LogP) is 1.87. The number of anilines is 1. The first-order valence-electron chi connectivity index (χ1n) is 5.49. The molecule has 3 N–H and O–H groups in total. The highest BCUT2D eigenvalue weighted by atomic mass is 19.1. The molecule has 1 unspecified atom stereocenters. The molecule has 0 aromatic heterocycles. The van der Waals surface area contributed by atoms with Crippen molar-refractivity contribution in [1.29, 1.82) is 0 Å². The second-order valence-electron chi connectivity index (χ2n) is 4.17. The maximum absolute atomic E-state index is 12.9. The summed E-state index contributed by atoms with van der Waals surface area (Å²) in [4.78, 5) is 0. The van der Waals surface area contributed by atoms with Crippen molar-refractivity contribution in [3.05, 3.63) is 29.6 Å². The molecule has 0 aliphatic carbocycles. The molecule has 4 heteroatoms. The Bertz CT molecular complexity index is 364. The lowest BCUT2D eigenvalue weighted by Gasteiger charge is -2.27. The fourth-order valence-corrected chi connectivity index (χ4v) is 2.10. The molecule has 0 radical (unpaired) electrons. The standard InChI is InChI=1S/C12H16FNO2/c13-9-1-2-10(11(14)7-9)12(15)8-3-5-16-6-4-8/h1-2,7-8,12,15H,3-6,14H2. The predicted molar refractivity (Wildman–Crippen MR) is 59.3 cm³/mol. The maximum Gasteiger partial charge on any atom is 0.125 e. The molecular weight excluding hydrogens is 209 g/mol. The van der Waals surface area contributed by atoms with Crippen LogP contribution in [0, 0.1) is 11.7 Å². The molecule has 3 nitrogen and oxygen atoms in total. The van der Waals surface area contributed by atoms with Crippen LogP contribution in [0.25, 0.3) is 0 Å². The van der Waals surface area contributed by atoms with Gasteiger partial charge in [-0.3, -0.25) is 0 Å². The number of hydrogen-bond donors (Lipinski definition) is 2. The smallest absolute Gasteiger partial charge is 0.125 e. The van der Waals surface area contributed by atoms with E-state index in [1.54, 1.807) is 6.07 Å². The summed E-state index contributed by atoms with van der Waals surface area (Å²) in [7, 11) is 0. The highest BCUT2D eigenvalue weighted by Gasteiger charge is 2.24. The van der Waals surface area contributed by atoms with Gasteiger partial charge in [0.2, 0.25) is 0 Å². The number of nitrogen functional groups attached to an aromatic ring is 1. The van der Waals surface area contributed by atoms with E-state index in [0.717, 1.165) is 12.8 Å². The van der Waals surface area contributed by atoms with Crippen LogP contribution in [-0.2, 0) is 4.74 Å². The molecule has 0 saturated carbocycles. The van der Waals surface area contributed by atoms with E-state index in [9.17, 15) is 9.50 Å². The van der Waals surface area contributed by atoms with Gasteiger partial charge in [-0.05, 0) is 30.9 Å². The zero-order valence-corrected chi connectivity index (χ0v) is 9.03. The van der Waals surface area contributed by atoms with Crippen molar-refractivity contribution in [2.45, 2.75) is 18.9 Å². The van der Waals surface area contributed by atoms with Crippen molar-refractivity contribution < 1.29 is 14.2 Å². The van der Waals surface area contributed by atoms with Crippen molar-refractivity contribution >= 4 is 5.69 Å². The lowest BCUT2D eigenvalue weighted by atomic mass is 9.89. The molecule has 1 aliphatic rings. The molecule has 1 aromatic carbocycles. The molecular formula is C12H16FNO2. The Morgan fingerprint density at radius 1 is 1.38 bits per heavy atom. The molecule has 1 atom stereocenters. The quantitative estimate of drug-likeness (QED) is 0.755. The summed E-state index contributed by atoms with van der Waals surface area (Å²) in [5.41, 5.74) is 6.64. The molecule has 2 rings (SSSR count). The first-order valence-corrected chi connectivity index (χ1v) is 5.49. The molecule has 1 aromatic rings. The molecule has 1 saturated heterocycles. The topological polar surface area (TPSA) is 55.5 Å². The minimum Gasteiger partial charge on any atom is -0.398 e. The zero-order chi connectivity index (χ0) is 11.5. The average molecular weight is 225 g/mol. The van der Waals surface area contributed by atoms with Crippen LogP contribution in [0.3, 0.4) is 0 Å². The van der Waals surface area contributed by atoms with E-state index >= 15 is 0 Å². The van der Waals surface area contributed by atoms with Gasteiger partial charge in [-0.1, -0.05) is 6.07 Å². The normalized spacial score (nSPS) is 19.6. The van der Waals surface area contributed by atoms with Crippen LogP contribution in [0.4, 0.5) is 10.1 Å². The number of hydrogen-bond acceptors (Lipinski definition) is 3. The molecule has 1 heterocycles. The first kappa shape index (κ1) is 11.4. The molecule has 0 spiro atoms. The fraction of sp³-hybridized carbons (Fsp3) is 0.500. The van der Waals surface area contributed by atoms with Crippen LogP contribution in [0.5, 0.6) is 0 Å². The number of aliphatic hydroxyl groups is 1. The van der Waals surface area contributed by atoms with E-state index in [-0.39, 0.29) is 11.7 Å². The number of ether oxygens (including phenoxy) is 1. The van der Waals surface area contributed by atoms with Crippen molar-refractivity contribution in [2.75, 3.05) is 18.9 Å². The highest BCUT2D eigenvalue weighted by molar-refractivity contribution is 5.48. The summed E-state index contributed by atoms with van der Waals surface area (Å²) in [6.45, 7) is 1.34.